The molecule has 0 amide bonds. The molecule has 1 N–H and O–H groups in total. The predicted octanol–water partition coefficient (Wildman–Crippen LogP) is 2.52. The number of hydrogen-bond acceptors (Lipinski definition) is 3. The van der Waals surface area contributed by atoms with Crippen LogP contribution in [0, 0.1) is 17.1 Å². The lowest BCUT2D eigenvalue weighted by Crippen LogP contribution is -2.28. The average Bonchev–Trinajstić information content (AvgIpc) is 2.18. The molecule has 0 bridgehead atoms. The van der Waals surface area contributed by atoms with E-state index in [1.165, 1.54) is 6.07 Å². The van der Waals surface area contributed by atoms with Crippen molar-refractivity contribution >= 4 is 0 Å². The van der Waals surface area contributed by atoms with Gasteiger partial charge in [0, 0.05) is 12.1 Å². The first-order valence-corrected chi connectivity index (χ1v) is 5.02. The van der Waals surface area contributed by atoms with Gasteiger partial charge in [0.15, 0.2) is 0 Å². The Hall–Kier alpha value is -1.44. The monoisotopic (exact) mass is 222 g/mol. The molecule has 0 radical (unpaired) electrons. The smallest absolute Gasteiger partial charge is 0.129 e. The van der Waals surface area contributed by atoms with Crippen molar-refractivity contribution < 1.29 is 9.23 Å². The van der Waals surface area contributed by atoms with Crippen LogP contribution >= 0.6 is 0 Å². The highest BCUT2D eigenvalue weighted by Gasteiger charge is 2.10. The maximum atomic E-state index is 13.4. The molecule has 3 nitrogen and oxygen atoms in total. The minimum Gasteiger partial charge on any atom is -0.296 e. The van der Waals surface area contributed by atoms with E-state index in [9.17, 15) is 4.39 Å². The van der Waals surface area contributed by atoms with Crippen molar-refractivity contribution in [1.29, 1.82) is 5.26 Å². The fourth-order valence-electron chi connectivity index (χ4n) is 1.09. The first-order valence-electron chi connectivity index (χ1n) is 5.02. The second-order valence-electron chi connectivity index (χ2n) is 4.45. The second kappa shape index (κ2) is 5.06. The summed E-state index contributed by atoms with van der Waals surface area (Å²) in [5.41, 5.74) is 3.17. The number of nitriles is 1. The van der Waals surface area contributed by atoms with Crippen LogP contribution in [0.3, 0.4) is 0 Å². The van der Waals surface area contributed by atoms with E-state index in [1.54, 1.807) is 12.1 Å². The summed E-state index contributed by atoms with van der Waals surface area (Å²) in [6, 6.07) is 6.26. The highest BCUT2D eigenvalue weighted by Crippen LogP contribution is 2.10. The summed E-state index contributed by atoms with van der Waals surface area (Å²) < 4.78 is 13.4. The fraction of sp³-hybridized carbons (Fsp3) is 0.417. The van der Waals surface area contributed by atoms with E-state index in [0.29, 0.717) is 11.1 Å². The Balaban J connectivity index is 2.59. The third kappa shape index (κ3) is 3.97. The SMILES string of the molecule is CC(C)(C)ONCc1ccc(C#N)cc1F. The Morgan fingerprint density at radius 3 is 2.62 bits per heavy atom. The molecule has 0 saturated heterocycles. The second-order valence-corrected chi connectivity index (χ2v) is 4.45. The van der Waals surface area contributed by atoms with E-state index in [2.05, 4.69) is 5.48 Å². The lowest BCUT2D eigenvalue weighted by atomic mass is 10.1. The van der Waals surface area contributed by atoms with Gasteiger partial charge in [-0.15, -0.1) is 0 Å². The number of nitrogens with one attached hydrogen (secondary N) is 1. The van der Waals surface area contributed by atoms with Gasteiger partial charge >= 0.3 is 0 Å². The molecule has 1 aromatic carbocycles. The van der Waals surface area contributed by atoms with Crippen LogP contribution < -0.4 is 5.48 Å². The number of nitrogens with zero attached hydrogens (tertiary/aromatic N) is 1. The minimum absolute atomic E-state index is 0.273. The zero-order valence-electron chi connectivity index (χ0n) is 9.67. The molecule has 0 saturated carbocycles. The maximum absolute atomic E-state index is 13.4. The molecule has 16 heavy (non-hydrogen) atoms. The summed E-state index contributed by atoms with van der Waals surface area (Å²) in [6.07, 6.45) is 0. The Bertz CT molecular complexity index is 404. The van der Waals surface area contributed by atoms with E-state index in [-0.39, 0.29) is 12.1 Å². The molecule has 0 heterocycles. The van der Waals surface area contributed by atoms with E-state index in [4.69, 9.17) is 10.1 Å². The van der Waals surface area contributed by atoms with Crippen LogP contribution in [0.5, 0.6) is 0 Å². The zero-order chi connectivity index (χ0) is 12.2. The van der Waals surface area contributed by atoms with Gasteiger partial charge in [-0.3, -0.25) is 4.84 Å². The number of rotatable bonds is 3. The van der Waals surface area contributed by atoms with Crippen molar-refractivity contribution in [2.75, 3.05) is 0 Å². The third-order valence-corrected chi connectivity index (χ3v) is 1.82. The van der Waals surface area contributed by atoms with E-state index in [0.717, 1.165) is 0 Å². The summed E-state index contributed by atoms with van der Waals surface area (Å²) in [6.45, 7) is 5.97. The standard InChI is InChI=1S/C12H15FN2O/c1-12(2,3)16-15-8-10-5-4-9(7-14)6-11(10)13/h4-6,15H,8H2,1-3H3. The zero-order valence-corrected chi connectivity index (χ0v) is 9.67. The van der Waals surface area contributed by atoms with Gasteiger partial charge in [-0.2, -0.15) is 10.7 Å². The lowest BCUT2D eigenvalue weighted by Gasteiger charge is -2.19. The average molecular weight is 222 g/mol. The summed E-state index contributed by atoms with van der Waals surface area (Å²) in [4.78, 5) is 5.26. The molecule has 0 fully saturated rings. The Labute approximate surface area is 94.8 Å². The summed E-state index contributed by atoms with van der Waals surface area (Å²) in [5.74, 6) is -0.399. The van der Waals surface area contributed by atoms with Crippen molar-refractivity contribution in [2.45, 2.75) is 32.9 Å². The molecule has 4 heteroatoms. The van der Waals surface area contributed by atoms with Crippen LogP contribution in [0.2, 0.25) is 0 Å². The molecule has 0 aliphatic heterocycles. The van der Waals surface area contributed by atoms with Crippen LogP contribution in [0.15, 0.2) is 18.2 Å². The third-order valence-electron chi connectivity index (χ3n) is 1.82. The van der Waals surface area contributed by atoms with Crippen molar-refractivity contribution in [3.05, 3.63) is 35.1 Å². The Morgan fingerprint density at radius 1 is 1.44 bits per heavy atom. The number of benzene rings is 1. The van der Waals surface area contributed by atoms with Gasteiger partial charge in [-0.25, -0.2) is 4.39 Å². The fourth-order valence-corrected chi connectivity index (χ4v) is 1.09. The predicted molar refractivity (Wildman–Crippen MR) is 58.8 cm³/mol. The molecule has 0 aliphatic carbocycles. The normalized spacial score (nSPS) is 11.2. The molecule has 86 valence electrons. The van der Waals surface area contributed by atoms with Gasteiger partial charge < -0.3 is 0 Å². The molecule has 0 aliphatic rings. The molecule has 0 unspecified atom stereocenters. The van der Waals surface area contributed by atoms with E-state index in [1.807, 2.05) is 26.8 Å². The quantitative estimate of drug-likeness (QED) is 0.799. The first kappa shape index (κ1) is 12.6. The Morgan fingerprint density at radius 2 is 2.12 bits per heavy atom. The van der Waals surface area contributed by atoms with E-state index < -0.39 is 5.82 Å². The van der Waals surface area contributed by atoms with Gasteiger partial charge in [0.1, 0.15) is 5.82 Å². The molecule has 0 spiro atoms. The molecule has 1 rings (SSSR count). The number of hydrogen-bond donors (Lipinski definition) is 1. The molecular formula is C12H15FN2O. The highest BCUT2D eigenvalue weighted by atomic mass is 19.1. The van der Waals surface area contributed by atoms with Crippen molar-refractivity contribution in [3.8, 4) is 6.07 Å². The van der Waals surface area contributed by atoms with Crippen LogP contribution in [0.25, 0.3) is 0 Å². The minimum atomic E-state index is -0.399. The highest BCUT2D eigenvalue weighted by molar-refractivity contribution is 5.32. The summed E-state index contributed by atoms with van der Waals surface area (Å²) >= 11 is 0. The van der Waals surface area contributed by atoms with Crippen LogP contribution in [0.4, 0.5) is 4.39 Å². The summed E-state index contributed by atoms with van der Waals surface area (Å²) in [5, 5.41) is 8.58. The van der Waals surface area contributed by atoms with Gasteiger partial charge in [-0.1, -0.05) is 6.07 Å². The van der Waals surface area contributed by atoms with Crippen molar-refractivity contribution in [3.63, 3.8) is 0 Å². The Kier molecular flexibility index (Phi) is 3.99. The van der Waals surface area contributed by atoms with Gasteiger partial charge in [0.25, 0.3) is 0 Å². The van der Waals surface area contributed by atoms with Crippen LogP contribution in [-0.2, 0) is 11.4 Å². The summed E-state index contributed by atoms with van der Waals surface area (Å²) in [7, 11) is 0. The van der Waals surface area contributed by atoms with Crippen molar-refractivity contribution in [2.24, 2.45) is 0 Å². The molecule has 0 atom stereocenters. The molecule has 1 aromatic rings. The molecule has 0 aromatic heterocycles. The number of hydroxylamine groups is 1. The number of halogens is 1. The van der Waals surface area contributed by atoms with Gasteiger partial charge in [0.2, 0.25) is 0 Å². The lowest BCUT2D eigenvalue weighted by molar-refractivity contribution is -0.0760. The first-order chi connectivity index (χ1) is 7.42. The van der Waals surface area contributed by atoms with Gasteiger partial charge in [0.05, 0.1) is 17.2 Å². The topological polar surface area (TPSA) is 45.0 Å². The van der Waals surface area contributed by atoms with Crippen LogP contribution in [-0.4, -0.2) is 5.60 Å². The van der Waals surface area contributed by atoms with Crippen molar-refractivity contribution in [1.82, 2.24) is 5.48 Å². The van der Waals surface area contributed by atoms with E-state index >= 15 is 0 Å². The van der Waals surface area contributed by atoms with Crippen LogP contribution in [0.1, 0.15) is 31.9 Å². The maximum Gasteiger partial charge on any atom is 0.129 e. The molecular weight excluding hydrogens is 207 g/mol. The van der Waals surface area contributed by atoms with Gasteiger partial charge in [-0.05, 0) is 32.9 Å². The largest absolute Gasteiger partial charge is 0.296 e.